The average Bonchev–Trinajstić information content (AvgIpc) is 3.17. The van der Waals surface area contributed by atoms with Gasteiger partial charge in [-0.2, -0.15) is 0 Å². The zero-order valence-corrected chi connectivity index (χ0v) is 15.2. The molecule has 0 unspecified atom stereocenters. The molecule has 2 N–H and O–H groups in total. The number of nitrogens with zero attached hydrogens (tertiary/aromatic N) is 1. The third-order valence-electron chi connectivity index (χ3n) is 6.25. The van der Waals surface area contributed by atoms with E-state index < -0.39 is 17.1 Å². The summed E-state index contributed by atoms with van der Waals surface area (Å²) in [7, 11) is 0. The molecule has 2 aliphatic carbocycles. The van der Waals surface area contributed by atoms with Gasteiger partial charge in [-0.25, -0.2) is 9.18 Å². The fourth-order valence-corrected chi connectivity index (χ4v) is 4.52. The highest BCUT2D eigenvalue weighted by atomic mass is 19.1. The number of halogens is 1. The number of nitrogens with one attached hydrogen (secondary N) is 2. The van der Waals surface area contributed by atoms with Crippen molar-refractivity contribution >= 4 is 17.8 Å². The van der Waals surface area contributed by atoms with Crippen LogP contribution in [-0.2, 0) is 15.1 Å². The second-order valence-corrected chi connectivity index (χ2v) is 7.92. The highest BCUT2D eigenvalue weighted by molar-refractivity contribution is 6.07. The van der Waals surface area contributed by atoms with Crippen molar-refractivity contribution in [3.63, 3.8) is 0 Å². The number of carbonyl (C=O) groups excluding carboxylic acids is 3. The second kappa shape index (κ2) is 6.62. The van der Waals surface area contributed by atoms with E-state index in [2.05, 4.69) is 10.6 Å². The summed E-state index contributed by atoms with van der Waals surface area (Å²) in [6, 6.07) is 5.81. The van der Waals surface area contributed by atoms with Crippen LogP contribution in [0.2, 0.25) is 0 Å². The molecule has 4 rings (SSSR count). The summed E-state index contributed by atoms with van der Waals surface area (Å²) in [6.45, 7) is 0.0811. The lowest BCUT2D eigenvalue weighted by Gasteiger charge is -2.43. The number of amides is 4. The molecule has 0 atom stereocenters. The minimum atomic E-state index is -0.739. The Balaban J connectivity index is 1.37. The Morgan fingerprint density at radius 2 is 1.74 bits per heavy atom. The Bertz CT molecular complexity index is 767. The summed E-state index contributed by atoms with van der Waals surface area (Å²) < 4.78 is 13.2. The normalized spacial score (nSPS) is 22.6. The van der Waals surface area contributed by atoms with E-state index in [-0.39, 0.29) is 30.6 Å². The lowest BCUT2D eigenvalue weighted by molar-refractivity contribution is -0.131. The molecule has 27 heavy (non-hydrogen) atoms. The first-order valence-electron chi connectivity index (χ1n) is 9.65. The van der Waals surface area contributed by atoms with Gasteiger partial charge in [0.2, 0.25) is 5.91 Å². The molecule has 1 aromatic carbocycles. The van der Waals surface area contributed by atoms with E-state index in [0.717, 1.165) is 37.7 Å². The van der Waals surface area contributed by atoms with E-state index in [0.29, 0.717) is 12.8 Å². The van der Waals surface area contributed by atoms with Crippen molar-refractivity contribution in [1.29, 1.82) is 0 Å². The van der Waals surface area contributed by atoms with Crippen LogP contribution in [0.4, 0.5) is 9.18 Å². The highest BCUT2D eigenvalue weighted by Gasteiger charge is 2.52. The maximum atomic E-state index is 13.2. The second-order valence-electron chi connectivity index (χ2n) is 7.92. The molecule has 1 spiro atoms. The minimum Gasteiger partial charge on any atom is -0.347 e. The quantitative estimate of drug-likeness (QED) is 0.779. The molecule has 2 saturated carbocycles. The third-order valence-corrected chi connectivity index (χ3v) is 6.25. The Hall–Kier alpha value is -2.44. The molecule has 3 aliphatic rings. The van der Waals surface area contributed by atoms with Gasteiger partial charge < -0.3 is 10.6 Å². The fourth-order valence-electron chi connectivity index (χ4n) is 4.52. The number of urea groups is 1. The van der Waals surface area contributed by atoms with Crippen LogP contribution in [0.15, 0.2) is 24.3 Å². The van der Waals surface area contributed by atoms with E-state index in [1.807, 2.05) is 0 Å². The summed E-state index contributed by atoms with van der Waals surface area (Å²) in [4.78, 5) is 38.5. The van der Waals surface area contributed by atoms with Crippen molar-refractivity contribution in [3.05, 3.63) is 35.6 Å². The van der Waals surface area contributed by atoms with Gasteiger partial charge in [0.25, 0.3) is 5.91 Å². The van der Waals surface area contributed by atoms with Gasteiger partial charge in [-0.05, 0) is 49.8 Å². The predicted octanol–water partition coefficient (Wildman–Crippen LogP) is 2.58. The van der Waals surface area contributed by atoms with E-state index in [9.17, 15) is 18.8 Å². The standard InChI is InChI=1S/C20H24FN3O3/c21-15-6-4-14(5-7-15)19(11-3-12-19)22-16(25)8-13-24-17(26)20(23-18(24)27)9-1-2-10-20/h4-7H,1-3,8-13H2,(H,22,25)(H,23,27). The number of rotatable bonds is 5. The van der Waals surface area contributed by atoms with Gasteiger partial charge in [-0.15, -0.1) is 0 Å². The van der Waals surface area contributed by atoms with Gasteiger partial charge in [0.1, 0.15) is 11.4 Å². The molecular weight excluding hydrogens is 349 g/mol. The number of imide groups is 1. The fraction of sp³-hybridized carbons (Fsp3) is 0.550. The smallest absolute Gasteiger partial charge is 0.325 e. The molecule has 0 aromatic heterocycles. The van der Waals surface area contributed by atoms with Crippen LogP contribution in [0.5, 0.6) is 0 Å². The summed E-state index contributed by atoms with van der Waals surface area (Å²) in [5.41, 5.74) is -0.311. The zero-order chi connectivity index (χ0) is 19.1. The molecular formula is C20H24FN3O3. The van der Waals surface area contributed by atoms with E-state index in [4.69, 9.17) is 0 Å². The van der Waals surface area contributed by atoms with Crippen molar-refractivity contribution in [1.82, 2.24) is 15.5 Å². The van der Waals surface area contributed by atoms with Crippen LogP contribution < -0.4 is 10.6 Å². The van der Waals surface area contributed by atoms with Gasteiger partial charge in [0.05, 0.1) is 5.54 Å². The maximum absolute atomic E-state index is 13.2. The number of benzene rings is 1. The molecule has 1 saturated heterocycles. The topological polar surface area (TPSA) is 78.5 Å². The van der Waals surface area contributed by atoms with Crippen molar-refractivity contribution in [2.24, 2.45) is 0 Å². The van der Waals surface area contributed by atoms with Crippen molar-refractivity contribution in [2.45, 2.75) is 62.4 Å². The first-order chi connectivity index (χ1) is 12.9. The molecule has 6 nitrogen and oxygen atoms in total. The van der Waals surface area contributed by atoms with E-state index >= 15 is 0 Å². The Morgan fingerprint density at radius 1 is 1.07 bits per heavy atom. The van der Waals surface area contributed by atoms with Gasteiger partial charge in [0, 0.05) is 13.0 Å². The predicted molar refractivity (Wildman–Crippen MR) is 96.1 cm³/mol. The Kier molecular flexibility index (Phi) is 4.40. The van der Waals surface area contributed by atoms with E-state index in [1.54, 1.807) is 12.1 Å². The summed E-state index contributed by atoms with van der Waals surface area (Å²) in [5.74, 6) is -0.708. The van der Waals surface area contributed by atoms with Crippen LogP contribution in [0.25, 0.3) is 0 Å². The molecule has 3 fully saturated rings. The molecule has 0 bridgehead atoms. The molecule has 1 heterocycles. The number of carbonyl (C=O) groups is 3. The summed E-state index contributed by atoms with van der Waals surface area (Å²) in [5, 5.41) is 5.87. The molecule has 1 aliphatic heterocycles. The molecule has 4 amide bonds. The Labute approximate surface area is 157 Å². The van der Waals surface area contributed by atoms with Crippen LogP contribution in [0, 0.1) is 5.82 Å². The monoisotopic (exact) mass is 373 g/mol. The number of hydrogen-bond donors (Lipinski definition) is 2. The van der Waals surface area contributed by atoms with Crippen molar-refractivity contribution in [3.8, 4) is 0 Å². The minimum absolute atomic E-state index is 0.0676. The van der Waals surface area contributed by atoms with E-state index in [1.165, 1.54) is 17.0 Å². The summed E-state index contributed by atoms with van der Waals surface area (Å²) >= 11 is 0. The van der Waals surface area contributed by atoms with Gasteiger partial charge in [-0.3, -0.25) is 14.5 Å². The van der Waals surface area contributed by atoms with Crippen LogP contribution in [-0.4, -0.2) is 34.8 Å². The zero-order valence-electron chi connectivity index (χ0n) is 15.2. The van der Waals surface area contributed by atoms with Crippen LogP contribution in [0.1, 0.15) is 56.9 Å². The molecule has 0 radical (unpaired) electrons. The third kappa shape index (κ3) is 3.09. The van der Waals surface area contributed by atoms with Gasteiger partial charge >= 0.3 is 6.03 Å². The van der Waals surface area contributed by atoms with Crippen LogP contribution >= 0.6 is 0 Å². The average molecular weight is 373 g/mol. The highest BCUT2D eigenvalue weighted by Crippen LogP contribution is 2.41. The maximum Gasteiger partial charge on any atom is 0.325 e. The van der Waals surface area contributed by atoms with Crippen LogP contribution in [0.3, 0.4) is 0 Å². The summed E-state index contributed by atoms with van der Waals surface area (Å²) in [6.07, 6.45) is 5.88. The Morgan fingerprint density at radius 3 is 2.33 bits per heavy atom. The number of hydrogen-bond acceptors (Lipinski definition) is 3. The lowest BCUT2D eigenvalue weighted by Crippen LogP contribution is -2.51. The first kappa shape index (κ1) is 17.9. The lowest BCUT2D eigenvalue weighted by atomic mass is 9.71. The van der Waals surface area contributed by atoms with Crippen molar-refractivity contribution < 1.29 is 18.8 Å². The molecule has 144 valence electrons. The largest absolute Gasteiger partial charge is 0.347 e. The SMILES string of the molecule is O=C(CCN1C(=O)NC2(CCCC2)C1=O)NC1(c2ccc(F)cc2)CCC1. The molecule has 7 heteroatoms. The van der Waals surface area contributed by atoms with Gasteiger partial charge in [-0.1, -0.05) is 25.0 Å². The molecule has 1 aromatic rings. The van der Waals surface area contributed by atoms with Gasteiger partial charge in [0.15, 0.2) is 0 Å². The van der Waals surface area contributed by atoms with Crippen molar-refractivity contribution in [2.75, 3.05) is 6.54 Å². The first-order valence-corrected chi connectivity index (χ1v) is 9.65.